The van der Waals surface area contributed by atoms with Crippen LogP contribution in [0.25, 0.3) is 11.3 Å². The molecular weight excluding hydrogens is 406 g/mol. The lowest BCUT2D eigenvalue weighted by atomic mass is 10.0. The summed E-state index contributed by atoms with van der Waals surface area (Å²) >= 11 is 0. The molecule has 2 saturated heterocycles. The van der Waals surface area contributed by atoms with Crippen LogP contribution in [0.2, 0.25) is 0 Å². The number of benzene rings is 1. The number of nitro benzene ring substituents is 1. The highest BCUT2D eigenvalue weighted by Crippen LogP contribution is 2.31. The number of carboxylic acids is 2. The third-order valence-corrected chi connectivity index (χ3v) is 5.11. The first-order valence-corrected chi connectivity index (χ1v) is 9.52. The van der Waals surface area contributed by atoms with Crippen molar-refractivity contribution >= 4 is 23.4 Å². The molecule has 2 fully saturated rings. The van der Waals surface area contributed by atoms with Crippen molar-refractivity contribution in [2.24, 2.45) is 11.8 Å². The molecule has 0 spiro atoms. The average molecular weight is 427 g/mol. The fourth-order valence-corrected chi connectivity index (χ4v) is 3.67. The standard InChI is InChI=1S/C16H17N5O2.C4H4O4/c22-21(23)15-4-2-1-3-13(15)14-5-6-16(19-18-14)20-9-11-7-17-8-12(11)10-20;5-3(6)1-2-4(7)8/h1-6,11-12,17H,7-10H2;1-2H,(H,5,6)(H,7,8). The van der Waals surface area contributed by atoms with E-state index in [-0.39, 0.29) is 10.6 Å². The zero-order valence-corrected chi connectivity index (χ0v) is 16.4. The van der Waals surface area contributed by atoms with Gasteiger partial charge in [-0.2, -0.15) is 0 Å². The molecule has 0 radical (unpaired) electrons. The minimum atomic E-state index is -1.26. The molecule has 2 unspecified atom stereocenters. The Morgan fingerprint density at radius 1 is 1.03 bits per heavy atom. The average Bonchev–Trinajstić information content (AvgIpc) is 3.35. The molecule has 31 heavy (non-hydrogen) atoms. The number of anilines is 1. The van der Waals surface area contributed by atoms with Gasteiger partial charge in [0, 0.05) is 44.4 Å². The number of nitrogens with one attached hydrogen (secondary N) is 1. The maximum absolute atomic E-state index is 11.1. The Morgan fingerprint density at radius 2 is 1.65 bits per heavy atom. The van der Waals surface area contributed by atoms with E-state index in [1.165, 1.54) is 6.07 Å². The largest absolute Gasteiger partial charge is 0.478 e. The highest BCUT2D eigenvalue weighted by molar-refractivity contribution is 5.89. The monoisotopic (exact) mass is 427 g/mol. The van der Waals surface area contributed by atoms with Gasteiger partial charge in [0.1, 0.15) is 0 Å². The Hall–Kier alpha value is -3.86. The molecule has 4 rings (SSSR count). The van der Waals surface area contributed by atoms with Gasteiger partial charge < -0.3 is 20.4 Å². The fourth-order valence-electron chi connectivity index (χ4n) is 3.67. The van der Waals surface area contributed by atoms with Crippen molar-refractivity contribution in [1.29, 1.82) is 0 Å². The summed E-state index contributed by atoms with van der Waals surface area (Å²) in [6.45, 7) is 4.14. The molecule has 11 nitrogen and oxygen atoms in total. The normalized spacial score (nSPS) is 19.5. The first kappa shape index (κ1) is 21.8. The van der Waals surface area contributed by atoms with Crippen LogP contribution in [0.3, 0.4) is 0 Å². The van der Waals surface area contributed by atoms with Crippen LogP contribution >= 0.6 is 0 Å². The molecule has 0 aliphatic carbocycles. The topological polar surface area (TPSA) is 159 Å². The maximum atomic E-state index is 11.1. The number of nitro groups is 1. The van der Waals surface area contributed by atoms with Gasteiger partial charge in [0.05, 0.1) is 16.2 Å². The molecule has 162 valence electrons. The highest BCUT2D eigenvalue weighted by atomic mass is 16.6. The van der Waals surface area contributed by atoms with Crippen LogP contribution < -0.4 is 10.2 Å². The van der Waals surface area contributed by atoms with E-state index in [1.54, 1.807) is 18.2 Å². The lowest BCUT2D eigenvalue weighted by molar-refractivity contribution is -0.384. The van der Waals surface area contributed by atoms with Gasteiger partial charge in [0.25, 0.3) is 5.69 Å². The van der Waals surface area contributed by atoms with E-state index in [1.807, 2.05) is 12.1 Å². The van der Waals surface area contributed by atoms with Gasteiger partial charge in [-0.3, -0.25) is 10.1 Å². The van der Waals surface area contributed by atoms with E-state index in [0.29, 0.717) is 35.2 Å². The summed E-state index contributed by atoms with van der Waals surface area (Å²) in [7, 11) is 0. The predicted molar refractivity (Wildman–Crippen MR) is 111 cm³/mol. The van der Waals surface area contributed by atoms with Gasteiger partial charge in [-0.15, -0.1) is 10.2 Å². The third kappa shape index (κ3) is 5.60. The van der Waals surface area contributed by atoms with Crippen molar-refractivity contribution in [1.82, 2.24) is 15.5 Å². The molecule has 0 saturated carbocycles. The molecule has 11 heteroatoms. The van der Waals surface area contributed by atoms with Gasteiger partial charge in [-0.05, 0) is 30.0 Å². The molecule has 2 aromatic rings. The Labute approximate surface area is 177 Å². The third-order valence-electron chi connectivity index (χ3n) is 5.11. The second-order valence-electron chi connectivity index (χ2n) is 7.14. The van der Waals surface area contributed by atoms with Crippen molar-refractivity contribution < 1.29 is 24.7 Å². The van der Waals surface area contributed by atoms with Crippen molar-refractivity contribution in [3.05, 3.63) is 58.7 Å². The minimum absolute atomic E-state index is 0.0522. The lowest BCUT2D eigenvalue weighted by Crippen LogP contribution is -2.26. The maximum Gasteiger partial charge on any atom is 0.328 e. The number of hydrogen-bond donors (Lipinski definition) is 3. The number of aromatic nitrogens is 2. The summed E-state index contributed by atoms with van der Waals surface area (Å²) in [4.78, 5) is 32.1. The molecule has 1 aromatic carbocycles. The second-order valence-corrected chi connectivity index (χ2v) is 7.14. The van der Waals surface area contributed by atoms with Gasteiger partial charge in [-0.1, -0.05) is 12.1 Å². The Morgan fingerprint density at radius 3 is 2.16 bits per heavy atom. The van der Waals surface area contributed by atoms with E-state index in [0.717, 1.165) is 32.0 Å². The number of aliphatic carboxylic acids is 2. The van der Waals surface area contributed by atoms with E-state index in [2.05, 4.69) is 20.4 Å². The van der Waals surface area contributed by atoms with Crippen molar-refractivity contribution in [2.45, 2.75) is 0 Å². The van der Waals surface area contributed by atoms with Crippen LogP contribution in [0.4, 0.5) is 11.5 Å². The van der Waals surface area contributed by atoms with E-state index >= 15 is 0 Å². The van der Waals surface area contributed by atoms with Crippen LogP contribution in [0.1, 0.15) is 0 Å². The molecule has 0 bridgehead atoms. The molecule has 0 amide bonds. The summed E-state index contributed by atoms with van der Waals surface area (Å²) in [6.07, 6.45) is 1.12. The zero-order valence-electron chi connectivity index (χ0n) is 16.4. The summed E-state index contributed by atoms with van der Waals surface area (Å²) in [6, 6.07) is 10.3. The van der Waals surface area contributed by atoms with Crippen LogP contribution in [0, 0.1) is 22.0 Å². The highest BCUT2D eigenvalue weighted by Gasteiger charge is 2.36. The number of nitrogens with zero attached hydrogens (tertiary/aromatic N) is 4. The molecule has 2 aliphatic rings. The number of hydrogen-bond acceptors (Lipinski definition) is 8. The molecule has 3 N–H and O–H groups in total. The van der Waals surface area contributed by atoms with Gasteiger partial charge in [0.2, 0.25) is 0 Å². The number of rotatable bonds is 5. The SMILES string of the molecule is O=C(O)C=CC(=O)O.O=[N+]([O-])c1ccccc1-c1ccc(N2CC3CNCC3C2)nn1. The van der Waals surface area contributed by atoms with Crippen molar-refractivity contribution in [3.8, 4) is 11.3 Å². The molecule has 1 aromatic heterocycles. The van der Waals surface area contributed by atoms with Crippen LogP contribution in [0.5, 0.6) is 0 Å². The number of para-hydroxylation sites is 1. The number of carbonyl (C=O) groups is 2. The van der Waals surface area contributed by atoms with Crippen molar-refractivity contribution in [2.75, 3.05) is 31.1 Å². The summed E-state index contributed by atoms with van der Waals surface area (Å²) < 4.78 is 0. The van der Waals surface area contributed by atoms with Crippen LogP contribution in [-0.4, -0.2) is 63.5 Å². The van der Waals surface area contributed by atoms with Gasteiger partial charge in [0.15, 0.2) is 5.82 Å². The summed E-state index contributed by atoms with van der Waals surface area (Å²) in [5, 5.41) is 38.7. The predicted octanol–water partition coefficient (Wildman–Crippen LogP) is 1.42. The van der Waals surface area contributed by atoms with Gasteiger partial charge in [-0.25, -0.2) is 9.59 Å². The van der Waals surface area contributed by atoms with Gasteiger partial charge >= 0.3 is 11.9 Å². The summed E-state index contributed by atoms with van der Waals surface area (Å²) in [5.74, 6) is -0.292. The minimum Gasteiger partial charge on any atom is -0.478 e. The number of carboxylic acid groups (broad SMARTS) is 2. The van der Waals surface area contributed by atoms with Crippen LogP contribution in [-0.2, 0) is 9.59 Å². The smallest absolute Gasteiger partial charge is 0.328 e. The molecule has 2 aliphatic heterocycles. The molecule has 2 atom stereocenters. The first-order chi connectivity index (χ1) is 14.8. The molecular formula is C20H21N5O6. The lowest BCUT2D eigenvalue weighted by Gasteiger charge is -2.17. The number of fused-ring (bicyclic) bond motifs is 1. The van der Waals surface area contributed by atoms with E-state index in [4.69, 9.17) is 10.2 Å². The summed E-state index contributed by atoms with van der Waals surface area (Å²) in [5.41, 5.74) is 1.08. The fraction of sp³-hybridized carbons (Fsp3) is 0.300. The Bertz CT molecular complexity index is 966. The Kier molecular flexibility index (Phi) is 6.88. The van der Waals surface area contributed by atoms with E-state index in [9.17, 15) is 19.7 Å². The zero-order chi connectivity index (χ0) is 22.4. The molecule has 3 heterocycles. The Balaban J connectivity index is 0.000000293. The second kappa shape index (κ2) is 9.76. The first-order valence-electron chi connectivity index (χ1n) is 9.52. The van der Waals surface area contributed by atoms with E-state index < -0.39 is 11.9 Å². The van der Waals surface area contributed by atoms with Crippen LogP contribution in [0.15, 0.2) is 48.6 Å². The quantitative estimate of drug-likeness (QED) is 0.362. The van der Waals surface area contributed by atoms with Crippen molar-refractivity contribution in [3.63, 3.8) is 0 Å².